The molecule has 22 heavy (non-hydrogen) atoms. The summed E-state index contributed by atoms with van der Waals surface area (Å²) in [5.41, 5.74) is 8.65. The fourth-order valence-corrected chi connectivity index (χ4v) is 3.48. The van der Waals surface area contributed by atoms with Crippen molar-refractivity contribution in [1.82, 2.24) is 0 Å². The molecule has 1 atom stereocenters. The van der Waals surface area contributed by atoms with Gasteiger partial charge >= 0.3 is 0 Å². The summed E-state index contributed by atoms with van der Waals surface area (Å²) in [6.45, 7) is 2.04. The first-order valence-corrected chi connectivity index (χ1v) is 7.43. The number of hydrogen-bond donors (Lipinski definition) is 1. The zero-order valence-electron chi connectivity index (χ0n) is 12.3. The summed E-state index contributed by atoms with van der Waals surface area (Å²) in [6.07, 6.45) is 6.66. The van der Waals surface area contributed by atoms with E-state index >= 15 is 0 Å². The minimum atomic E-state index is -0.898. The molecule has 1 aromatic rings. The number of hydrogen-bond acceptors (Lipinski definition) is 4. The lowest BCUT2D eigenvalue weighted by molar-refractivity contribution is 0.158. The van der Waals surface area contributed by atoms with Crippen LogP contribution in [0.5, 0.6) is 5.75 Å². The molecule has 0 saturated heterocycles. The molecule has 2 aliphatic heterocycles. The molecule has 1 aliphatic carbocycles. The summed E-state index contributed by atoms with van der Waals surface area (Å²) in [5.74, 6) is 1.79. The normalized spacial score (nSPS) is 25.5. The van der Waals surface area contributed by atoms with Gasteiger partial charge in [0.25, 0.3) is 0 Å². The largest absolute Gasteiger partial charge is 0.472 e. The molecule has 1 aromatic carbocycles. The van der Waals surface area contributed by atoms with Gasteiger partial charge in [0.15, 0.2) is 5.60 Å². The van der Waals surface area contributed by atoms with E-state index in [-0.39, 0.29) is 5.88 Å². The summed E-state index contributed by atoms with van der Waals surface area (Å²) < 4.78 is 12.0. The molecule has 4 nitrogen and oxygen atoms in total. The van der Waals surface area contributed by atoms with E-state index in [0.29, 0.717) is 5.57 Å². The number of aryl methyl sites for hydroxylation is 1. The van der Waals surface area contributed by atoms with E-state index in [9.17, 15) is 5.26 Å². The Kier molecular flexibility index (Phi) is 2.61. The molecule has 2 N–H and O–H groups in total. The molecular weight excluding hydrogens is 276 g/mol. The van der Waals surface area contributed by atoms with Crippen molar-refractivity contribution in [2.24, 2.45) is 5.73 Å². The molecule has 0 fully saturated rings. The zero-order valence-corrected chi connectivity index (χ0v) is 12.3. The smallest absolute Gasteiger partial charge is 0.209 e. The Bertz CT molecular complexity index is 811. The lowest BCUT2D eigenvalue weighted by atomic mass is 9.81. The van der Waals surface area contributed by atoms with Gasteiger partial charge < -0.3 is 15.2 Å². The molecule has 1 spiro atoms. The Morgan fingerprint density at radius 2 is 2.18 bits per heavy atom. The predicted octanol–water partition coefficient (Wildman–Crippen LogP) is 3.30. The van der Waals surface area contributed by atoms with Gasteiger partial charge in [-0.3, -0.25) is 0 Å². The molecule has 110 valence electrons. The van der Waals surface area contributed by atoms with Crippen molar-refractivity contribution in [3.05, 3.63) is 58.2 Å². The van der Waals surface area contributed by atoms with Crippen molar-refractivity contribution in [3.63, 3.8) is 0 Å². The van der Waals surface area contributed by atoms with Crippen molar-refractivity contribution in [3.8, 4) is 11.8 Å². The Morgan fingerprint density at radius 1 is 1.32 bits per heavy atom. The van der Waals surface area contributed by atoms with Gasteiger partial charge in [-0.05, 0) is 38.0 Å². The highest BCUT2D eigenvalue weighted by molar-refractivity contribution is 5.68. The molecule has 0 amide bonds. The fourth-order valence-electron chi connectivity index (χ4n) is 3.48. The van der Waals surface area contributed by atoms with E-state index in [2.05, 4.69) is 12.1 Å². The van der Waals surface area contributed by atoms with Gasteiger partial charge in [-0.15, -0.1) is 0 Å². The monoisotopic (exact) mass is 292 g/mol. The number of rotatable bonds is 0. The van der Waals surface area contributed by atoms with Gasteiger partial charge in [0, 0.05) is 17.6 Å². The number of nitrogens with zero attached hydrogens (tertiary/aromatic N) is 1. The highest BCUT2D eigenvalue weighted by atomic mass is 16.5. The maximum Gasteiger partial charge on any atom is 0.209 e. The van der Waals surface area contributed by atoms with Crippen LogP contribution in [0.3, 0.4) is 0 Å². The molecule has 3 aliphatic rings. The van der Waals surface area contributed by atoms with Crippen molar-refractivity contribution < 1.29 is 9.47 Å². The van der Waals surface area contributed by atoms with Crippen molar-refractivity contribution in [1.29, 1.82) is 5.26 Å². The van der Waals surface area contributed by atoms with E-state index in [4.69, 9.17) is 15.2 Å². The van der Waals surface area contributed by atoms with Crippen LogP contribution in [0.4, 0.5) is 0 Å². The number of allylic oxidation sites excluding steroid dienone is 1. The lowest BCUT2D eigenvalue weighted by Gasteiger charge is -2.38. The van der Waals surface area contributed by atoms with E-state index in [1.54, 1.807) is 0 Å². The lowest BCUT2D eigenvalue weighted by Crippen LogP contribution is -2.43. The third kappa shape index (κ3) is 1.62. The first-order valence-electron chi connectivity index (χ1n) is 7.43. The van der Waals surface area contributed by atoms with Crippen molar-refractivity contribution in [2.75, 3.05) is 0 Å². The summed E-state index contributed by atoms with van der Waals surface area (Å²) in [7, 11) is 0. The minimum absolute atomic E-state index is 0.156. The third-order valence-electron chi connectivity index (χ3n) is 4.51. The average molecular weight is 292 g/mol. The van der Waals surface area contributed by atoms with Crippen LogP contribution in [0.2, 0.25) is 0 Å². The van der Waals surface area contributed by atoms with Gasteiger partial charge in [-0.25, -0.2) is 0 Å². The fraction of sp³-hybridized carbons (Fsp3) is 0.278. The number of fused-ring (bicyclic) bond motifs is 2. The van der Waals surface area contributed by atoms with Crippen LogP contribution in [0, 0.1) is 18.3 Å². The Labute approximate surface area is 129 Å². The molecule has 0 bridgehead atoms. The number of benzene rings is 1. The topological polar surface area (TPSA) is 68.3 Å². The highest BCUT2D eigenvalue weighted by Crippen LogP contribution is 2.48. The van der Waals surface area contributed by atoms with Crippen molar-refractivity contribution >= 4 is 6.08 Å². The summed E-state index contributed by atoms with van der Waals surface area (Å²) >= 11 is 0. The van der Waals surface area contributed by atoms with Crippen LogP contribution in [-0.2, 0) is 4.74 Å². The average Bonchev–Trinajstić information content (AvgIpc) is 2.97. The molecule has 0 saturated carbocycles. The molecular formula is C18H16N2O2. The summed E-state index contributed by atoms with van der Waals surface area (Å²) in [5, 5.41) is 9.59. The second-order valence-corrected chi connectivity index (χ2v) is 5.92. The molecule has 4 heteroatoms. The standard InChI is InChI=1S/C18H16N2O2/c1-11-5-6-15-12(9-11)7-8-18(22-15)13-3-2-4-16(13)21-17(20)14(18)10-19/h5-9H,2-4,20H2,1H3. The van der Waals surface area contributed by atoms with E-state index in [1.807, 2.05) is 31.2 Å². The Balaban J connectivity index is 1.91. The van der Waals surface area contributed by atoms with Crippen LogP contribution in [-0.4, -0.2) is 5.60 Å². The quantitative estimate of drug-likeness (QED) is 0.796. The number of nitrogens with two attached hydrogens (primary N) is 1. The van der Waals surface area contributed by atoms with Gasteiger partial charge in [0.05, 0.1) is 0 Å². The summed E-state index contributed by atoms with van der Waals surface area (Å²) in [4.78, 5) is 0. The molecule has 2 heterocycles. The summed E-state index contributed by atoms with van der Waals surface area (Å²) in [6, 6.07) is 8.22. The van der Waals surface area contributed by atoms with E-state index in [1.165, 1.54) is 5.56 Å². The van der Waals surface area contributed by atoms with Gasteiger partial charge in [-0.2, -0.15) is 5.26 Å². The maximum atomic E-state index is 9.59. The number of ether oxygens (including phenoxy) is 2. The molecule has 1 unspecified atom stereocenters. The van der Waals surface area contributed by atoms with Gasteiger partial charge in [0.1, 0.15) is 23.2 Å². The Morgan fingerprint density at radius 3 is 3.00 bits per heavy atom. The minimum Gasteiger partial charge on any atom is -0.472 e. The van der Waals surface area contributed by atoms with Crippen LogP contribution in [0.25, 0.3) is 6.08 Å². The number of nitriles is 1. The zero-order chi connectivity index (χ0) is 15.3. The van der Waals surface area contributed by atoms with Gasteiger partial charge in [-0.1, -0.05) is 17.7 Å². The highest BCUT2D eigenvalue weighted by Gasteiger charge is 2.49. The predicted molar refractivity (Wildman–Crippen MR) is 82.4 cm³/mol. The van der Waals surface area contributed by atoms with Gasteiger partial charge in [0.2, 0.25) is 5.88 Å². The molecule has 0 radical (unpaired) electrons. The first kappa shape index (κ1) is 13.0. The Hall–Kier alpha value is -2.67. The van der Waals surface area contributed by atoms with Crippen LogP contribution < -0.4 is 10.5 Å². The molecule has 0 aromatic heterocycles. The second-order valence-electron chi connectivity index (χ2n) is 5.92. The maximum absolute atomic E-state index is 9.59. The van der Waals surface area contributed by atoms with E-state index in [0.717, 1.165) is 41.9 Å². The van der Waals surface area contributed by atoms with Crippen LogP contribution in [0.1, 0.15) is 30.4 Å². The molecule has 4 rings (SSSR count). The second kappa shape index (κ2) is 4.41. The van der Waals surface area contributed by atoms with Crippen LogP contribution in [0.15, 0.2) is 47.1 Å². The van der Waals surface area contributed by atoms with Crippen molar-refractivity contribution in [2.45, 2.75) is 31.8 Å². The first-order chi connectivity index (χ1) is 10.6. The SMILES string of the molecule is Cc1ccc2c(c1)C=CC1(O2)C(C#N)=C(N)OC2=C1CCC2. The third-order valence-corrected chi connectivity index (χ3v) is 4.51. The van der Waals surface area contributed by atoms with Crippen LogP contribution >= 0.6 is 0 Å². The van der Waals surface area contributed by atoms with E-state index < -0.39 is 5.60 Å².